The van der Waals surface area contributed by atoms with Gasteiger partial charge in [0.1, 0.15) is 11.6 Å². The Kier molecular flexibility index (Phi) is 8.65. The normalized spacial score (nSPS) is 14.4. The Morgan fingerprint density at radius 3 is 2.37 bits per heavy atom. The van der Waals surface area contributed by atoms with Gasteiger partial charge in [-0.15, -0.1) is 23.2 Å². The number of hydrogen-bond acceptors (Lipinski definition) is 5. The standard InChI is InChI=1S/C32H37Cl2N7/c1-39-16-18-41(19-17-39)26-9-11-28-30(22-26)38-32(37-28)24-8-10-27-29(21-24)36-31(35-27)7-3-5-23-4-2-6-25(20-23)40(14-12-33)15-13-34/h2,4,6,8-11,20-22H,3,5,7,12-19H2,1H3,(H,35,36)(H,37,38). The molecule has 7 nitrogen and oxygen atoms in total. The highest BCUT2D eigenvalue weighted by atomic mass is 35.5. The van der Waals surface area contributed by atoms with Crippen LogP contribution >= 0.6 is 23.2 Å². The molecule has 5 aromatic rings. The number of hydrogen-bond donors (Lipinski definition) is 2. The molecule has 0 saturated carbocycles. The molecular formula is C32H37Cl2N7. The first-order valence-electron chi connectivity index (χ1n) is 14.5. The molecule has 0 unspecified atom stereocenters. The third-order valence-electron chi connectivity index (χ3n) is 8.00. The summed E-state index contributed by atoms with van der Waals surface area (Å²) in [6.07, 6.45) is 2.89. The maximum absolute atomic E-state index is 6.00. The number of H-pyrrole nitrogens is 2. The van der Waals surface area contributed by atoms with Gasteiger partial charge in [-0.25, -0.2) is 9.97 Å². The van der Waals surface area contributed by atoms with E-state index in [1.54, 1.807) is 0 Å². The zero-order valence-corrected chi connectivity index (χ0v) is 25.1. The van der Waals surface area contributed by atoms with Crippen LogP contribution in [0.25, 0.3) is 33.5 Å². The molecular weight excluding hydrogens is 553 g/mol. The molecule has 41 heavy (non-hydrogen) atoms. The Hall–Kier alpha value is -3.26. The maximum Gasteiger partial charge on any atom is 0.138 e. The smallest absolute Gasteiger partial charge is 0.138 e. The number of anilines is 2. The number of likely N-dealkylation sites (N-methyl/N-ethyl adjacent to an activating group) is 1. The summed E-state index contributed by atoms with van der Waals surface area (Å²) < 4.78 is 0. The molecule has 6 rings (SSSR count). The lowest BCUT2D eigenvalue weighted by Crippen LogP contribution is -2.44. The van der Waals surface area contributed by atoms with Gasteiger partial charge in [0.05, 0.1) is 22.1 Å². The lowest BCUT2D eigenvalue weighted by molar-refractivity contribution is 0.313. The van der Waals surface area contributed by atoms with Gasteiger partial charge in [-0.2, -0.15) is 0 Å². The number of aromatic nitrogens is 4. The summed E-state index contributed by atoms with van der Waals surface area (Å²) in [4.78, 5) is 23.9. The second-order valence-electron chi connectivity index (χ2n) is 10.9. The molecule has 1 fully saturated rings. The van der Waals surface area contributed by atoms with E-state index in [4.69, 9.17) is 33.2 Å². The van der Waals surface area contributed by atoms with Crippen LogP contribution in [0.15, 0.2) is 60.7 Å². The van der Waals surface area contributed by atoms with Crippen LogP contribution in [0.4, 0.5) is 11.4 Å². The minimum absolute atomic E-state index is 0.586. The second kappa shape index (κ2) is 12.7. The average Bonchev–Trinajstić information content (AvgIpc) is 3.60. The molecule has 214 valence electrons. The van der Waals surface area contributed by atoms with Gasteiger partial charge in [0.2, 0.25) is 0 Å². The molecule has 0 bridgehead atoms. The van der Waals surface area contributed by atoms with Gasteiger partial charge in [0, 0.05) is 74.4 Å². The molecule has 3 heterocycles. The number of nitrogens with zero attached hydrogens (tertiary/aromatic N) is 5. The Labute approximate surface area is 251 Å². The van der Waals surface area contributed by atoms with Gasteiger partial charge in [-0.1, -0.05) is 12.1 Å². The first-order valence-corrected chi connectivity index (χ1v) is 15.5. The summed E-state index contributed by atoms with van der Waals surface area (Å²) in [6, 6.07) is 21.6. The van der Waals surface area contributed by atoms with Gasteiger partial charge < -0.3 is 24.7 Å². The molecule has 9 heteroatoms. The molecule has 1 aliphatic rings. The topological polar surface area (TPSA) is 67.1 Å². The van der Waals surface area contributed by atoms with Gasteiger partial charge in [-0.3, -0.25) is 0 Å². The quantitative estimate of drug-likeness (QED) is 0.176. The lowest BCUT2D eigenvalue weighted by atomic mass is 10.1. The zero-order valence-electron chi connectivity index (χ0n) is 23.5. The molecule has 0 aliphatic carbocycles. The molecule has 0 amide bonds. The van der Waals surface area contributed by atoms with Gasteiger partial charge in [0.25, 0.3) is 0 Å². The predicted octanol–water partition coefficient (Wildman–Crippen LogP) is 6.32. The Bertz CT molecular complexity index is 1600. The van der Waals surface area contributed by atoms with Crippen LogP contribution < -0.4 is 9.80 Å². The number of halogens is 2. The monoisotopic (exact) mass is 589 g/mol. The van der Waals surface area contributed by atoms with Crippen molar-refractivity contribution >= 4 is 56.6 Å². The fourth-order valence-corrected chi connectivity index (χ4v) is 6.07. The molecule has 1 aliphatic heterocycles. The van der Waals surface area contributed by atoms with Crippen LogP contribution in [0.2, 0.25) is 0 Å². The lowest BCUT2D eigenvalue weighted by Gasteiger charge is -2.34. The van der Waals surface area contributed by atoms with Crippen LogP contribution in [0.3, 0.4) is 0 Å². The van der Waals surface area contributed by atoms with Crippen molar-refractivity contribution in [1.29, 1.82) is 0 Å². The van der Waals surface area contributed by atoms with Crippen LogP contribution in [0.5, 0.6) is 0 Å². The van der Waals surface area contributed by atoms with Crippen LogP contribution in [0.1, 0.15) is 17.8 Å². The molecule has 2 N–H and O–H groups in total. The summed E-state index contributed by atoms with van der Waals surface area (Å²) >= 11 is 12.0. The number of aryl methyl sites for hydroxylation is 2. The Balaban J connectivity index is 1.12. The number of nitrogens with one attached hydrogen (secondary N) is 2. The van der Waals surface area contributed by atoms with E-state index in [9.17, 15) is 0 Å². The molecule has 3 aromatic carbocycles. The van der Waals surface area contributed by atoms with E-state index in [-0.39, 0.29) is 0 Å². The second-order valence-corrected chi connectivity index (χ2v) is 11.6. The van der Waals surface area contributed by atoms with E-state index >= 15 is 0 Å². The molecule has 0 radical (unpaired) electrons. The molecule has 0 atom stereocenters. The zero-order chi connectivity index (χ0) is 28.2. The number of fused-ring (bicyclic) bond motifs is 2. The maximum atomic E-state index is 6.00. The van der Waals surface area contributed by atoms with Crippen LogP contribution in [0, 0.1) is 0 Å². The van der Waals surface area contributed by atoms with E-state index in [2.05, 4.69) is 92.4 Å². The third kappa shape index (κ3) is 6.48. The van der Waals surface area contributed by atoms with Crippen molar-refractivity contribution in [3.63, 3.8) is 0 Å². The Morgan fingerprint density at radius 1 is 0.805 bits per heavy atom. The van der Waals surface area contributed by atoms with Crippen molar-refractivity contribution in [2.45, 2.75) is 19.3 Å². The van der Waals surface area contributed by atoms with Crippen molar-refractivity contribution < 1.29 is 0 Å². The minimum Gasteiger partial charge on any atom is -0.369 e. The number of rotatable bonds is 11. The number of aromatic amines is 2. The highest BCUT2D eigenvalue weighted by molar-refractivity contribution is 6.18. The van der Waals surface area contributed by atoms with Gasteiger partial charge >= 0.3 is 0 Å². The summed E-state index contributed by atoms with van der Waals surface area (Å²) in [5.41, 5.74) is 8.88. The van der Waals surface area contributed by atoms with Crippen LogP contribution in [-0.4, -0.2) is 82.9 Å². The first-order chi connectivity index (χ1) is 20.1. The SMILES string of the molecule is CN1CCN(c2ccc3nc(-c4ccc5nc(CCCc6cccc(N(CCCl)CCCl)c6)[nH]c5c4)[nH]c3c2)CC1. The predicted molar refractivity (Wildman–Crippen MR) is 173 cm³/mol. The van der Waals surface area contributed by atoms with Gasteiger partial charge in [0.15, 0.2) is 0 Å². The first kappa shape index (κ1) is 27.9. The number of piperazine rings is 1. The molecule has 1 saturated heterocycles. The van der Waals surface area contributed by atoms with Crippen molar-refractivity contribution in [3.8, 4) is 11.4 Å². The highest BCUT2D eigenvalue weighted by Crippen LogP contribution is 2.27. The van der Waals surface area contributed by atoms with E-state index < -0.39 is 0 Å². The number of alkyl halides is 2. The van der Waals surface area contributed by atoms with E-state index in [0.717, 1.165) is 97.8 Å². The fraction of sp³-hybridized carbons (Fsp3) is 0.375. The Morgan fingerprint density at radius 2 is 1.56 bits per heavy atom. The summed E-state index contributed by atoms with van der Waals surface area (Å²) in [7, 11) is 2.18. The van der Waals surface area contributed by atoms with Crippen LogP contribution in [-0.2, 0) is 12.8 Å². The fourth-order valence-electron chi connectivity index (χ4n) is 5.67. The van der Waals surface area contributed by atoms with E-state index in [0.29, 0.717) is 11.8 Å². The average molecular weight is 591 g/mol. The summed E-state index contributed by atoms with van der Waals surface area (Å²) in [6.45, 7) is 5.88. The van der Waals surface area contributed by atoms with E-state index in [1.165, 1.54) is 16.9 Å². The van der Waals surface area contributed by atoms with Gasteiger partial charge in [-0.05, 0) is 74.0 Å². The molecule has 2 aromatic heterocycles. The van der Waals surface area contributed by atoms with E-state index in [1.807, 2.05) is 0 Å². The number of benzene rings is 3. The summed E-state index contributed by atoms with van der Waals surface area (Å²) in [5, 5.41) is 0. The summed E-state index contributed by atoms with van der Waals surface area (Å²) in [5.74, 6) is 3.07. The largest absolute Gasteiger partial charge is 0.369 e. The third-order valence-corrected chi connectivity index (χ3v) is 8.34. The molecule has 0 spiro atoms. The minimum atomic E-state index is 0.586. The highest BCUT2D eigenvalue weighted by Gasteiger charge is 2.16. The van der Waals surface area contributed by atoms with Crippen molar-refractivity contribution in [1.82, 2.24) is 24.8 Å². The van der Waals surface area contributed by atoms with Crippen molar-refractivity contribution in [2.24, 2.45) is 0 Å². The van der Waals surface area contributed by atoms with Crippen molar-refractivity contribution in [3.05, 3.63) is 72.1 Å². The number of imidazole rings is 2. The van der Waals surface area contributed by atoms with Crippen molar-refractivity contribution in [2.75, 3.05) is 67.9 Å².